The van der Waals surface area contributed by atoms with Crippen molar-refractivity contribution in [2.75, 3.05) is 17.2 Å². The van der Waals surface area contributed by atoms with Gasteiger partial charge in [-0.25, -0.2) is 4.68 Å². The molecular formula is C18H19N5O2. The maximum atomic E-state index is 13.1. The predicted octanol–water partition coefficient (Wildman–Crippen LogP) is 1.46. The van der Waals surface area contributed by atoms with Gasteiger partial charge >= 0.3 is 0 Å². The molecule has 7 heteroatoms. The number of carbonyl (C=O) groups is 1. The first-order valence-corrected chi connectivity index (χ1v) is 7.91. The van der Waals surface area contributed by atoms with E-state index in [2.05, 4.69) is 11.7 Å². The molecular weight excluding hydrogens is 318 g/mol. The number of rotatable bonds is 5. The van der Waals surface area contributed by atoms with Gasteiger partial charge in [0.15, 0.2) is 0 Å². The minimum atomic E-state index is -1.90. The monoisotopic (exact) mass is 337 g/mol. The fraction of sp³-hybridized carbons (Fsp3) is 0.278. The number of nitrogens with two attached hydrogens (primary N) is 1. The van der Waals surface area contributed by atoms with E-state index in [1.807, 2.05) is 6.07 Å². The standard InChI is InChI=1S/C18H19N5O2/c1-3-10-22-14-8-5-4-7-13(14)18(25,17(22)24)15-12(2)21-23(16(15)20)11-6-9-19/h3-5,7-8,25H,1,6,10-11,20H2,2H3. The molecule has 1 aliphatic heterocycles. The van der Waals surface area contributed by atoms with Gasteiger partial charge in [-0.3, -0.25) is 4.79 Å². The molecule has 3 rings (SSSR count). The first-order chi connectivity index (χ1) is 12.0. The molecule has 25 heavy (non-hydrogen) atoms. The van der Waals surface area contributed by atoms with E-state index in [0.717, 1.165) is 0 Å². The fourth-order valence-electron chi connectivity index (χ4n) is 3.36. The lowest BCUT2D eigenvalue weighted by atomic mass is 9.87. The summed E-state index contributed by atoms with van der Waals surface area (Å²) in [6.45, 7) is 5.95. The molecule has 0 radical (unpaired) electrons. The van der Waals surface area contributed by atoms with Crippen molar-refractivity contribution in [3.63, 3.8) is 0 Å². The number of nitrogen functional groups attached to an aromatic ring is 1. The molecule has 0 spiro atoms. The number of aryl methyl sites for hydroxylation is 2. The van der Waals surface area contributed by atoms with Crippen LogP contribution in [-0.4, -0.2) is 27.3 Å². The van der Waals surface area contributed by atoms with Gasteiger partial charge in [-0.15, -0.1) is 6.58 Å². The highest BCUT2D eigenvalue weighted by molar-refractivity contribution is 6.10. The van der Waals surface area contributed by atoms with Crippen LogP contribution in [0.3, 0.4) is 0 Å². The Bertz CT molecular complexity index is 895. The summed E-state index contributed by atoms with van der Waals surface area (Å²) in [6, 6.07) is 9.09. The maximum absolute atomic E-state index is 13.1. The largest absolute Gasteiger partial charge is 0.384 e. The summed E-state index contributed by atoms with van der Waals surface area (Å²) in [4.78, 5) is 14.6. The molecule has 3 N–H and O–H groups in total. The van der Waals surface area contributed by atoms with E-state index in [0.29, 0.717) is 23.5 Å². The summed E-state index contributed by atoms with van der Waals surface area (Å²) in [5, 5.41) is 24.5. The number of aromatic nitrogens is 2. The van der Waals surface area contributed by atoms with Gasteiger partial charge in [0.1, 0.15) is 5.82 Å². The Morgan fingerprint density at radius 2 is 2.20 bits per heavy atom. The van der Waals surface area contributed by atoms with E-state index < -0.39 is 11.5 Å². The van der Waals surface area contributed by atoms with Crippen LogP contribution in [0.2, 0.25) is 0 Å². The summed E-state index contributed by atoms with van der Waals surface area (Å²) in [5.41, 5.74) is 6.11. The van der Waals surface area contributed by atoms with Gasteiger partial charge in [-0.1, -0.05) is 24.3 Å². The Kier molecular flexibility index (Phi) is 4.07. The van der Waals surface area contributed by atoms with Crippen LogP contribution in [0, 0.1) is 18.3 Å². The zero-order valence-electron chi connectivity index (χ0n) is 13.9. The second kappa shape index (κ2) is 6.07. The number of para-hydroxylation sites is 1. The van der Waals surface area contributed by atoms with Crippen molar-refractivity contribution in [2.45, 2.75) is 25.5 Å². The van der Waals surface area contributed by atoms with E-state index >= 15 is 0 Å². The van der Waals surface area contributed by atoms with Crippen LogP contribution in [0.5, 0.6) is 0 Å². The maximum Gasteiger partial charge on any atom is 0.268 e. The van der Waals surface area contributed by atoms with Gasteiger partial charge in [-0.2, -0.15) is 10.4 Å². The van der Waals surface area contributed by atoms with Crippen molar-refractivity contribution in [3.8, 4) is 6.07 Å². The van der Waals surface area contributed by atoms with Crippen molar-refractivity contribution in [1.82, 2.24) is 9.78 Å². The molecule has 1 amide bonds. The van der Waals surface area contributed by atoms with Gasteiger partial charge in [0, 0.05) is 12.1 Å². The summed E-state index contributed by atoms with van der Waals surface area (Å²) in [6.07, 6.45) is 1.84. The topological polar surface area (TPSA) is 108 Å². The number of aliphatic hydroxyl groups is 1. The third-order valence-electron chi connectivity index (χ3n) is 4.41. The van der Waals surface area contributed by atoms with Crippen LogP contribution >= 0.6 is 0 Å². The number of amides is 1. The Morgan fingerprint density at radius 1 is 1.48 bits per heavy atom. The molecule has 0 aliphatic carbocycles. The Balaban J connectivity index is 2.20. The predicted molar refractivity (Wildman–Crippen MR) is 93.6 cm³/mol. The molecule has 7 nitrogen and oxygen atoms in total. The second-order valence-electron chi connectivity index (χ2n) is 5.91. The fourth-order valence-corrected chi connectivity index (χ4v) is 3.36. The molecule has 2 heterocycles. The van der Waals surface area contributed by atoms with E-state index in [-0.39, 0.29) is 24.3 Å². The van der Waals surface area contributed by atoms with Crippen LogP contribution in [0.1, 0.15) is 23.2 Å². The summed E-state index contributed by atoms with van der Waals surface area (Å²) in [5.74, 6) is -0.290. The first kappa shape index (κ1) is 16.7. The molecule has 0 bridgehead atoms. The van der Waals surface area contributed by atoms with Crippen molar-refractivity contribution in [2.24, 2.45) is 0 Å². The van der Waals surface area contributed by atoms with E-state index in [1.54, 1.807) is 37.3 Å². The normalized spacial score (nSPS) is 18.9. The smallest absolute Gasteiger partial charge is 0.268 e. The highest BCUT2D eigenvalue weighted by atomic mass is 16.3. The third-order valence-corrected chi connectivity index (χ3v) is 4.41. The van der Waals surface area contributed by atoms with E-state index in [9.17, 15) is 9.90 Å². The molecule has 1 unspecified atom stereocenters. The van der Waals surface area contributed by atoms with Gasteiger partial charge in [-0.05, 0) is 13.0 Å². The summed E-state index contributed by atoms with van der Waals surface area (Å²) >= 11 is 0. The minimum absolute atomic E-state index is 0.193. The highest BCUT2D eigenvalue weighted by Gasteiger charge is 2.53. The molecule has 1 aromatic carbocycles. The number of fused-ring (bicyclic) bond motifs is 1. The Labute approximate surface area is 145 Å². The molecule has 2 aromatic rings. The number of benzene rings is 1. The number of nitriles is 1. The third kappa shape index (κ3) is 2.30. The molecule has 1 aromatic heterocycles. The van der Waals surface area contributed by atoms with Crippen molar-refractivity contribution < 1.29 is 9.90 Å². The zero-order chi connectivity index (χ0) is 18.2. The summed E-state index contributed by atoms with van der Waals surface area (Å²) in [7, 11) is 0. The van der Waals surface area contributed by atoms with E-state index in [4.69, 9.17) is 11.0 Å². The van der Waals surface area contributed by atoms with Crippen LogP contribution < -0.4 is 10.6 Å². The van der Waals surface area contributed by atoms with Gasteiger partial charge in [0.25, 0.3) is 5.91 Å². The lowest BCUT2D eigenvalue weighted by Crippen LogP contribution is -2.42. The van der Waals surface area contributed by atoms with Crippen LogP contribution in [0.25, 0.3) is 0 Å². The SMILES string of the molecule is C=CCN1C(=O)C(O)(c2c(C)nn(CCC#N)c2N)c2ccccc21. The van der Waals surface area contributed by atoms with Crippen LogP contribution in [-0.2, 0) is 16.9 Å². The zero-order valence-corrected chi connectivity index (χ0v) is 13.9. The number of anilines is 2. The van der Waals surface area contributed by atoms with Crippen molar-refractivity contribution in [1.29, 1.82) is 5.26 Å². The lowest BCUT2D eigenvalue weighted by molar-refractivity contribution is -0.132. The minimum Gasteiger partial charge on any atom is -0.384 e. The first-order valence-electron chi connectivity index (χ1n) is 7.91. The molecule has 0 saturated heterocycles. The quantitative estimate of drug-likeness (QED) is 0.803. The number of carbonyl (C=O) groups excluding carboxylic acids is 1. The highest BCUT2D eigenvalue weighted by Crippen LogP contribution is 2.46. The molecule has 128 valence electrons. The lowest BCUT2D eigenvalue weighted by Gasteiger charge is -2.23. The van der Waals surface area contributed by atoms with E-state index in [1.165, 1.54) is 9.58 Å². The Morgan fingerprint density at radius 3 is 2.88 bits per heavy atom. The van der Waals surface area contributed by atoms with Crippen LogP contribution in [0.4, 0.5) is 11.5 Å². The number of nitrogens with zero attached hydrogens (tertiary/aromatic N) is 4. The number of hydrogen-bond acceptors (Lipinski definition) is 5. The molecule has 0 fully saturated rings. The molecule has 0 saturated carbocycles. The second-order valence-corrected chi connectivity index (χ2v) is 5.91. The molecule has 1 aliphatic rings. The average molecular weight is 337 g/mol. The van der Waals surface area contributed by atoms with Crippen molar-refractivity contribution in [3.05, 3.63) is 53.7 Å². The van der Waals surface area contributed by atoms with Gasteiger partial charge in [0.05, 0.1) is 36.0 Å². The van der Waals surface area contributed by atoms with Gasteiger partial charge < -0.3 is 15.7 Å². The van der Waals surface area contributed by atoms with Crippen molar-refractivity contribution >= 4 is 17.4 Å². The average Bonchev–Trinajstić information content (AvgIpc) is 3.00. The summed E-state index contributed by atoms with van der Waals surface area (Å²) < 4.78 is 1.46. The Hall–Kier alpha value is -3.11. The molecule has 1 atom stereocenters. The number of hydrogen-bond donors (Lipinski definition) is 2. The van der Waals surface area contributed by atoms with Crippen LogP contribution in [0.15, 0.2) is 36.9 Å². The van der Waals surface area contributed by atoms with Gasteiger partial charge in [0.2, 0.25) is 5.60 Å².